The van der Waals surface area contributed by atoms with Crippen molar-refractivity contribution in [1.29, 1.82) is 0 Å². The van der Waals surface area contributed by atoms with Crippen molar-refractivity contribution in [2.75, 3.05) is 0 Å². The number of carbonyl (C=O) groups excluding carboxylic acids is 1. The minimum absolute atomic E-state index is 0.293. The Bertz CT molecular complexity index is 629. The van der Waals surface area contributed by atoms with E-state index in [1.54, 1.807) is 0 Å². The minimum Gasteiger partial charge on any atom is -0.294 e. The SMILES string of the molecule is CCCCCCCCCCCCCC(=O)c1ccc2ccccc2c1. The fourth-order valence-electron chi connectivity index (χ4n) is 3.46. The summed E-state index contributed by atoms with van der Waals surface area (Å²) in [6.07, 6.45) is 15.2. The van der Waals surface area contributed by atoms with E-state index in [0.29, 0.717) is 12.2 Å². The molecule has 0 saturated heterocycles. The highest BCUT2D eigenvalue weighted by Gasteiger charge is 2.06. The van der Waals surface area contributed by atoms with Gasteiger partial charge in [0.1, 0.15) is 0 Å². The van der Waals surface area contributed by atoms with Gasteiger partial charge in [-0.05, 0) is 23.3 Å². The zero-order valence-corrected chi connectivity index (χ0v) is 15.9. The summed E-state index contributed by atoms with van der Waals surface area (Å²) >= 11 is 0. The number of ketones is 1. The normalized spacial score (nSPS) is 11.1. The molecular formula is C24H34O. The van der Waals surface area contributed by atoms with Gasteiger partial charge in [0.25, 0.3) is 0 Å². The molecular weight excluding hydrogens is 304 g/mol. The molecule has 2 rings (SSSR count). The van der Waals surface area contributed by atoms with Crippen LogP contribution in [0.25, 0.3) is 10.8 Å². The van der Waals surface area contributed by atoms with E-state index in [0.717, 1.165) is 17.4 Å². The Morgan fingerprint density at radius 3 is 1.88 bits per heavy atom. The molecule has 0 heterocycles. The van der Waals surface area contributed by atoms with Crippen LogP contribution in [0.2, 0.25) is 0 Å². The van der Waals surface area contributed by atoms with Crippen LogP contribution in [0.5, 0.6) is 0 Å². The molecule has 25 heavy (non-hydrogen) atoms. The number of benzene rings is 2. The van der Waals surface area contributed by atoms with Crippen molar-refractivity contribution < 1.29 is 4.79 Å². The summed E-state index contributed by atoms with van der Waals surface area (Å²) in [6.45, 7) is 2.27. The van der Waals surface area contributed by atoms with Crippen LogP contribution >= 0.6 is 0 Å². The van der Waals surface area contributed by atoms with Gasteiger partial charge in [0.2, 0.25) is 0 Å². The second kappa shape index (κ2) is 11.8. The lowest BCUT2D eigenvalue weighted by molar-refractivity contribution is 0.0979. The van der Waals surface area contributed by atoms with Gasteiger partial charge in [-0.2, -0.15) is 0 Å². The maximum Gasteiger partial charge on any atom is 0.162 e. The van der Waals surface area contributed by atoms with E-state index in [4.69, 9.17) is 0 Å². The van der Waals surface area contributed by atoms with E-state index in [1.165, 1.54) is 69.6 Å². The van der Waals surface area contributed by atoms with Crippen LogP contribution in [-0.2, 0) is 0 Å². The van der Waals surface area contributed by atoms with Gasteiger partial charge in [-0.3, -0.25) is 4.79 Å². The molecule has 0 aromatic heterocycles. The lowest BCUT2D eigenvalue weighted by Gasteiger charge is -2.04. The molecule has 0 spiro atoms. The van der Waals surface area contributed by atoms with Gasteiger partial charge < -0.3 is 0 Å². The van der Waals surface area contributed by atoms with Crippen molar-refractivity contribution in [3.05, 3.63) is 48.0 Å². The first-order chi connectivity index (χ1) is 12.3. The highest BCUT2D eigenvalue weighted by Crippen LogP contribution is 2.18. The molecule has 0 N–H and O–H groups in total. The highest BCUT2D eigenvalue weighted by atomic mass is 16.1. The molecule has 2 aromatic carbocycles. The largest absolute Gasteiger partial charge is 0.294 e. The number of unbranched alkanes of at least 4 members (excludes halogenated alkanes) is 10. The number of fused-ring (bicyclic) bond motifs is 1. The Labute approximate surface area is 153 Å². The van der Waals surface area contributed by atoms with Crippen molar-refractivity contribution in [1.82, 2.24) is 0 Å². The summed E-state index contributed by atoms with van der Waals surface area (Å²) in [4.78, 5) is 12.3. The van der Waals surface area contributed by atoms with Crippen LogP contribution in [0.3, 0.4) is 0 Å². The first-order valence-electron chi connectivity index (χ1n) is 10.3. The Hall–Kier alpha value is -1.63. The van der Waals surface area contributed by atoms with Gasteiger partial charge in [-0.25, -0.2) is 0 Å². The predicted octanol–water partition coefficient (Wildman–Crippen LogP) is 7.72. The predicted molar refractivity (Wildman–Crippen MR) is 109 cm³/mol. The summed E-state index contributed by atoms with van der Waals surface area (Å²) in [6, 6.07) is 14.3. The second-order valence-corrected chi connectivity index (χ2v) is 7.27. The van der Waals surface area contributed by atoms with Crippen molar-refractivity contribution in [3.8, 4) is 0 Å². The van der Waals surface area contributed by atoms with E-state index < -0.39 is 0 Å². The summed E-state index contributed by atoms with van der Waals surface area (Å²) in [5.74, 6) is 0.293. The zero-order chi connectivity index (χ0) is 17.7. The Kier molecular flexibility index (Phi) is 9.33. The third kappa shape index (κ3) is 7.42. The molecule has 1 heteroatoms. The average molecular weight is 339 g/mol. The van der Waals surface area contributed by atoms with Crippen molar-refractivity contribution in [2.45, 2.75) is 84.0 Å². The fourth-order valence-corrected chi connectivity index (χ4v) is 3.46. The highest BCUT2D eigenvalue weighted by molar-refractivity contribution is 5.99. The van der Waals surface area contributed by atoms with E-state index in [-0.39, 0.29) is 0 Å². The number of Topliss-reactive ketones (excluding diaryl/α,β-unsaturated/α-hetero) is 1. The zero-order valence-electron chi connectivity index (χ0n) is 15.9. The second-order valence-electron chi connectivity index (χ2n) is 7.27. The molecule has 0 bridgehead atoms. The van der Waals surface area contributed by atoms with Crippen LogP contribution in [0.1, 0.15) is 94.3 Å². The molecule has 0 unspecified atom stereocenters. The van der Waals surface area contributed by atoms with Crippen LogP contribution in [0.15, 0.2) is 42.5 Å². The molecule has 0 fully saturated rings. The summed E-state index contributed by atoms with van der Waals surface area (Å²) in [5.41, 5.74) is 0.866. The van der Waals surface area contributed by atoms with Gasteiger partial charge in [-0.1, -0.05) is 108 Å². The van der Waals surface area contributed by atoms with Gasteiger partial charge in [0, 0.05) is 12.0 Å². The van der Waals surface area contributed by atoms with Crippen LogP contribution < -0.4 is 0 Å². The third-order valence-corrected chi connectivity index (χ3v) is 5.08. The molecule has 0 atom stereocenters. The van der Waals surface area contributed by atoms with E-state index in [2.05, 4.69) is 25.1 Å². The number of rotatable bonds is 13. The molecule has 0 radical (unpaired) electrons. The molecule has 0 amide bonds. The van der Waals surface area contributed by atoms with Crippen molar-refractivity contribution in [3.63, 3.8) is 0 Å². The maximum atomic E-state index is 12.3. The van der Waals surface area contributed by atoms with Gasteiger partial charge in [0.05, 0.1) is 0 Å². The Balaban J connectivity index is 1.55. The lowest BCUT2D eigenvalue weighted by atomic mass is 10.00. The fraction of sp³-hybridized carbons (Fsp3) is 0.542. The summed E-state index contributed by atoms with van der Waals surface area (Å²) in [7, 11) is 0. The van der Waals surface area contributed by atoms with E-state index in [9.17, 15) is 4.79 Å². The van der Waals surface area contributed by atoms with Crippen LogP contribution in [0.4, 0.5) is 0 Å². The number of hydrogen-bond donors (Lipinski definition) is 0. The number of hydrogen-bond acceptors (Lipinski definition) is 1. The minimum atomic E-state index is 0.293. The average Bonchev–Trinajstić information content (AvgIpc) is 2.65. The molecule has 136 valence electrons. The molecule has 0 aliphatic carbocycles. The topological polar surface area (TPSA) is 17.1 Å². The smallest absolute Gasteiger partial charge is 0.162 e. The quantitative estimate of drug-likeness (QED) is 0.270. The monoisotopic (exact) mass is 338 g/mol. The molecule has 2 aromatic rings. The van der Waals surface area contributed by atoms with Crippen molar-refractivity contribution in [2.24, 2.45) is 0 Å². The molecule has 0 aliphatic rings. The summed E-state index contributed by atoms with van der Waals surface area (Å²) in [5, 5.41) is 2.36. The first kappa shape index (κ1) is 19.7. The van der Waals surface area contributed by atoms with Crippen LogP contribution in [-0.4, -0.2) is 5.78 Å². The molecule has 0 aliphatic heterocycles. The van der Waals surface area contributed by atoms with Gasteiger partial charge >= 0.3 is 0 Å². The number of carbonyl (C=O) groups is 1. The third-order valence-electron chi connectivity index (χ3n) is 5.08. The van der Waals surface area contributed by atoms with Gasteiger partial charge in [-0.15, -0.1) is 0 Å². The molecule has 1 nitrogen and oxygen atoms in total. The Morgan fingerprint density at radius 1 is 0.680 bits per heavy atom. The molecule has 0 saturated carbocycles. The van der Waals surface area contributed by atoms with E-state index >= 15 is 0 Å². The summed E-state index contributed by atoms with van der Waals surface area (Å²) < 4.78 is 0. The maximum absolute atomic E-state index is 12.3. The van der Waals surface area contributed by atoms with Gasteiger partial charge in [0.15, 0.2) is 5.78 Å². The Morgan fingerprint density at radius 2 is 1.24 bits per heavy atom. The van der Waals surface area contributed by atoms with E-state index in [1.807, 2.05) is 24.3 Å². The van der Waals surface area contributed by atoms with Crippen molar-refractivity contribution >= 4 is 16.6 Å². The van der Waals surface area contributed by atoms with Crippen LogP contribution in [0, 0.1) is 0 Å². The standard InChI is InChI=1S/C24H34O/c1-2-3-4-5-6-7-8-9-10-11-12-17-24(25)23-19-18-21-15-13-14-16-22(21)20-23/h13-16,18-20H,2-12,17H2,1H3. The first-order valence-corrected chi connectivity index (χ1v) is 10.3. The lowest BCUT2D eigenvalue weighted by Crippen LogP contribution is -1.98.